The van der Waals surface area contributed by atoms with Crippen molar-refractivity contribution in [3.8, 4) is 0 Å². The van der Waals surface area contributed by atoms with Gasteiger partial charge in [-0.15, -0.1) is 0 Å². The van der Waals surface area contributed by atoms with Gasteiger partial charge < -0.3 is 14.2 Å². The number of para-hydroxylation sites is 1. The van der Waals surface area contributed by atoms with Gasteiger partial charge in [-0.05, 0) is 19.4 Å². The van der Waals surface area contributed by atoms with Crippen molar-refractivity contribution in [2.45, 2.75) is 31.2 Å². The molecule has 2 aliphatic rings. The normalized spacial score (nSPS) is 25.7. The summed E-state index contributed by atoms with van der Waals surface area (Å²) in [4.78, 5) is 15.0. The first-order valence-electron chi connectivity index (χ1n) is 8.71. The zero-order valence-corrected chi connectivity index (χ0v) is 15.0. The summed E-state index contributed by atoms with van der Waals surface area (Å²) in [5, 5.41) is 0.324. The number of ether oxygens (including phenoxy) is 1. The second-order valence-corrected chi connectivity index (χ2v) is 9.02. The van der Waals surface area contributed by atoms with Gasteiger partial charge in [0, 0.05) is 36.8 Å². The van der Waals surface area contributed by atoms with E-state index < -0.39 is 15.1 Å². The quantitative estimate of drug-likeness (QED) is 0.815. The lowest BCUT2D eigenvalue weighted by Gasteiger charge is -2.43. The monoisotopic (exact) mass is 362 g/mol. The van der Waals surface area contributed by atoms with Crippen LogP contribution in [-0.4, -0.2) is 60.6 Å². The molecule has 134 valence electrons. The number of carbonyl (C=O) groups excluding carboxylic acids is 1. The van der Waals surface area contributed by atoms with Gasteiger partial charge in [0.1, 0.15) is 5.25 Å². The molecule has 1 amide bonds. The molecule has 2 aromatic rings. The maximum absolute atomic E-state index is 13.3. The van der Waals surface area contributed by atoms with E-state index >= 15 is 0 Å². The molecule has 0 aliphatic carbocycles. The second-order valence-electron chi connectivity index (χ2n) is 6.68. The summed E-state index contributed by atoms with van der Waals surface area (Å²) in [5.41, 5.74) is 1.68. The minimum atomic E-state index is -3.20. The maximum atomic E-state index is 13.3. The van der Waals surface area contributed by atoms with Crippen molar-refractivity contribution < 1.29 is 17.9 Å². The predicted octanol–water partition coefficient (Wildman–Crippen LogP) is 1.69. The van der Waals surface area contributed by atoms with Crippen molar-refractivity contribution in [1.82, 2.24) is 9.47 Å². The number of hydrogen-bond donors (Lipinski definition) is 0. The Morgan fingerprint density at radius 2 is 2.12 bits per heavy atom. The topological polar surface area (TPSA) is 68.6 Å². The standard InChI is InChI=1S/C18H22N2O4S/c1-2-19-11-14(13-5-3-4-6-15(13)19)18(21)20-8-10-25(22,23)17-12-24-9-7-16(17)20/h3-6,11,16-17H,2,7-10,12H2,1H3/t16-,17+/m0/s1. The fraction of sp³-hybridized carbons (Fsp3) is 0.500. The third-order valence-corrected chi connectivity index (χ3v) is 7.49. The highest BCUT2D eigenvalue weighted by molar-refractivity contribution is 7.92. The molecule has 2 saturated heterocycles. The summed E-state index contributed by atoms with van der Waals surface area (Å²) in [6, 6.07) is 7.57. The molecule has 4 rings (SSSR count). The number of sulfone groups is 1. The SMILES string of the molecule is CCn1cc(C(=O)N2CCS(=O)(=O)[C@@H]3COCC[C@@H]32)c2ccccc21. The fourth-order valence-electron chi connectivity index (χ4n) is 4.03. The van der Waals surface area contributed by atoms with Crippen molar-refractivity contribution in [2.75, 3.05) is 25.5 Å². The highest BCUT2D eigenvalue weighted by Gasteiger charge is 2.45. The molecule has 2 aliphatic heterocycles. The van der Waals surface area contributed by atoms with Crippen LogP contribution in [0.3, 0.4) is 0 Å². The van der Waals surface area contributed by atoms with Crippen LogP contribution in [0.5, 0.6) is 0 Å². The molecule has 1 aromatic carbocycles. The molecule has 2 fully saturated rings. The zero-order chi connectivity index (χ0) is 17.6. The Balaban J connectivity index is 1.74. The second kappa shape index (κ2) is 6.14. The molecule has 0 N–H and O–H groups in total. The van der Waals surface area contributed by atoms with Gasteiger partial charge in [0.15, 0.2) is 9.84 Å². The molecule has 0 radical (unpaired) electrons. The van der Waals surface area contributed by atoms with Gasteiger partial charge in [-0.1, -0.05) is 18.2 Å². The number of fused-ring (bicyclic) bond motifs is 2. The molecule has 2 atom stereocenters. The van der Waals surface area contributed by atoms with Gasteiger partial charge in [-0.3, -0.25) is 4.79 Å². The van der Waals surface area contributed by atoms with Crippen LogP contribution >= 0.6 is 0 Å². The smallest absolute Gasteiger partial charge is 0.256 e. The summed E-state index contributed by atoms with van der Waals surface area (Å²) in [6.45, 7) is 3.77. The molecular formula is C18H22N2O4S. The van der Waals surface area contributed by atoms with Crippen LogP contribution < -0.4 is 0 Å². The van der Waals surface area contributed by atoms with Crippen molar-refractivity contribution in [3.63, 3.8) is 0 Å². The molecule has 0 bridgehead atoms. The number of benzene rings is 1. The van der Waals surface area contributed by atoms with Gasteiger partial charge in [-0.2, -0.15) is 0 Å². The number of nitrogens with zero attached hydrogens (tertiary/aromatic N) is 2. The Labute approximate surface area is 147 Å². The van der Waals surface area contributed by atoms with E-state index in [0.717, 1.165) is 17.4 Å². The first-order valence-corrected chi connectivity index (χ1v) is 10.4. The Bertz CT molecular complexity index is 918. The van der Waals surface area contributed by atoms with E-state index in [9.17, 15) is 13.2 Å². The molecule has 3 heterocycles. The molecule has 1 aromatic heterocycles. The predicted molar refractivity (Wildman–Crippen MR) is 95.4 cm³/mol. The van der Waals surface area contributed by atoms with Crippen LogP contribution in [0.4, 0.5) is 0 Å². The average Bonchev–Trinajstić information content (AvgIpc) is 3.00. The number of carbonyl (C=O) groups is 1. The minimum absolute atomic E-state index is 0.00961. The van der Waals surface area contributed by atoms with Crippen molar-refractivity contribution in [1.29, 1.82) is 0 Å². The van der Waals surface area contributed by atoms with Crippen molar-refractivity contribution in [3.05, 3.63) is 36.0 Å². The summed E-state index contributed by atoms with van der Waals surface area (Å²) < 4.78 is 32.2. The van der Waals surface area contributed by atoms with Crippen molar-refractivity contribution >= 4 is 26.6 Å². The van der Waals surface area contributed by atoms with Crippen LogP contribution in [0, 0.1) is 0 Å². The van der Waals surface area contributed by atoms with E-state index in [1.165, 1.54) is 0 Å². The number of aryl methyl sites for hydroxylation is 1. The Hall–Kier alpha value is -1.86. The van der Waals surface area contributed by atoms with Crippen LogP contribution in [0.1, 0.15) is 23.7 Å². The van der Waals surface area contributed by atoms with Gasteiger partial charge in [-0.25, -0.2) is 8.42 Å². The third-order valence-electron chi connectivity index (χ3n) is 5.37. The number of amides is 1. The molecule has 0 spiro atoms. The third kappa shape index (κ3) is 2.66. The number of aromatic nitrogens is 1. The van der Waals surface area contributed by atoms with E-state index in [2.05, 4.69) is 4.57 Å². The zero-order valence-electron chi connectivity index (χ0n) is 14.2. The van der Waals surface area contributed by atoms with Crippen LogP contribution in [0.2, 0.25) is 0 Å². The van der Waals surface area contributed by atoms with E-state index in [1.54, 1.807) is 4.90 Å². The largest absolute Gasteiger partial charge is 0.380 e. The lowest BCUT2D eigenvalue weighted by atomic mass is 10.0. The first kappa shape index (κ1) is 16.6. The van der Waals surface area contributed by atoms with Gasteiger partial charge in [0.05, 0.1) is 24.0 Å². The van der Waals surface area contributed by atoms with Gasteiger partial charge in [0.2, 0.25) is 0 Å². The van der Waals surface area contributed by atoms with E-state index in [4.69, 9.17) is 4.74 Å². The van der Waals surface area contributed by atoms with E-state index in [1.807, 2.05) is 37.4 Å². The highest BCUT2D eigenvalue weighted by atomic mass is 32.2. The molecule has 7 heteroatoms. The first-order chi connectivity index (χ1) is 12.0. The Morgan fingerprint density at radius 3 is 2.92 bits per heavy atom. The lowest BCUT2D eigenvalue weighted by Crippen LogP contribution is -2.60. The van der Waals surface area contributed by atoms with Crippen LogP contribution in [-0.2, 0) is 21.1 Å². The Kier molecular flexibility index (Phi) is 4.08. The minimum Gasteiger partial charge on any atom is -0.380 e. The molecule has 0 unspecified atom stereocenters. The van der Waals surface area contributed by atoms with Crippen LogP contribution in [0.15, 0.2) is 30.5 Å². The van der Waals surface area contributed by atoms with Crippen molar-refractivity contribution in [2.24, 2.45) is 0 Å². The fourth-order valence-corrected chi connectivity index (χ4v) is 5.85. The number of hydrogen-bond acceptors (Lipinski definition) is 4. The molecular weight excluding hydrogens is 340 g/mol. The van der Waals surface area contributed by atoms with Gasteiger partial charge in [0.25, 0.3) is 5.91 Å². The number of rotatable bonds is 2. The summed E-state index contributed by atoms with van der Waals surface area (Å²) in [5.74, 6) is -0.0643. The summed E-state index contributed by atoms with van der Waals surface area (Å²) in [6.07, 6.45) is 2.46. The summed E-state index contributed by atoms with van der Waals surface area (Å²) in [7, 11) is -3.20. The van der Waals surface area contributed by atoms with Crippen LogP contribution in [0.25, 0.3) is 10.9 Å². The summed E-state index contributed by atoms with van der Waals surface area (Å²) >= 11 is 0. The maximum Gasteiger partial charge on any atom is 0.256 e. The average molecular weight is 362 g/mol. The highest BCUT2D eigenvalue weighted by Crippen LogP contribution is 2.30. The molecule has 6 nitrogen and oxygen atoms in total. The lowest BCUT2D eigenvalue weighted by molar-refractivity contribution is 0.0295. The molecule has 25 heavy (non-hydrogen) atoms. The molecule has 0 saturated carbocycles. The van der Waals surface area contributed by atoms with E-state index in [0.29, 0.717) is 18.6 Å². The van der Waals surface area contributed by atoms with Gasteiger partial charge >= 0.3 is 0 Å². The Morgan fingerprint density at radius 1 is 1.32 bits per heavy atom. The van der Waals surface area contributed by atoms with E-state index in [-0.39, 0.29) is 30.9 Å².